The van der Waals surface area contributed by atoms with Gasteiger partial charge in [0.2, 0.25) is 5.95 Å². The summed E-state index contributed by atoms with van der Waals surface area (Å²) in [6, 6.07) is 12.0. The number of pyridine rings is 1. The first-order valence-corrected chi connectivity index (χ1v) is 8.47. The maximum atomic E-state index is 5.27. The Labute approximate surface area is 152 Å². The van der Waals surface area contributed by atoms with Crippen LogP contribution in [0.3, 0.4) is 0 Å². The number of aromatic nitrogens is 3. The molecule has 0 unspecified atom stereocenters. The molecule has 0 aliphatic heterocycles. The van der Waals surface area contributed by atoms with Gasteiger partial charge >= 0.3 is 0 Å². The highest BCUT2D eigenvalue weighted by molar-refractivity contribution is 7.80. The van der Waals surface area contributed by atoms with E-state index in [0.29, 0.717) is 17.6 Å². The highest BCUT2D eigenvalue weighted by atomic mass is 32.1. The van der Waals surface area contributed by atoms with E-state index >= 15 is 0 Å². The molecule has 3 aromatic rings. The molecule has 128 valence electrons. The fourth-order valence-corrected chi connectivity index (χ4v) is 2.68. The van der Waals surface area contributed by atoms with E-state index in [0.717, 1.165) is 34.5 Å². The zero-order valence-corrected chi connectivity index (χ0v) is 15.0. The summed E-state index contributed by atoms with van der Waals surface area (Å²) < 4.78 is 0. The largest absolute Gasteiger partial charge is 0.383 e. The predicted molar refractivity (Wildman–Crippen MR) is 106 cm³/mol. The molecule has 6 nitrogen and oxygen atoms in total. The van der Waals surface area contributed by atoms with Crippen molar-refractivity contribution in [2.75, 3.05) is 23.7 Å². The number of thiocarbonyl (C=S) groups is 1. The van der Waals surface area contributed by atoms with Gasteiger partial charge in [0.05, 0.1) is 5.52 Å². The van der Waals surface area contributed by atoms with Crippen molar-refractivity contribution in [1.82, 2.24) is 20.3 Å². The number of hydrogen-bond acceptors (Lipinski definition) is 5. The Morgan fingerprint density at radius 3 is 2.72 bits per heavy atom. The normalized spacial score (nSPS) is 10.5. The minimum Gasteiger partial charge on any atom is -0.383 e. The van der Waals surface area contributed by atoms with Gasteiger partial charge in [-0.05, 0) is 44.3 Å². The molecule has 7 heteroatoms. The Hall–Kier alpha value is -2.80. The Morgan fingerprint density at radius 1 is 1.04 bits per heavy atom. The molecule has 0 aliphatic rings. The molecular formula is C18H20N6S. The summed E-state index contributed by atoms with van der Waals surface area (Å²) in [6.07, 6.45) is 1.70. The summed E-state index contributed by atoms with van der Waals surface area (Å²) >= 11 is 5.27. The van der Waals surface area contributed by atoms with Gasteiger partial charge < -0.3 is 16.0 Å². The smallest absolute Gasteiger partial charge is 0.229 e. The molecule has 0 saturated heterocycles. The summed E-state index contributed by atoms with van der Waals surface area (Å²) in [4.78, 5) is 12.9. The molecule has 3 N–H and O–H groups in total. The van der Waals surface area contributed by atoms with Gasteiger partial charge in [-0.25, -0.2) is 9.97 Å². The van der Waals surface area contributed by atoms with E-state index in [-0.39, 0.29) is 0 Å². The van der Waals surface area contributed by atoms with E-state index in [1.54, 1.807) is 6.20 Å². The maximum Gasteiger partial charge on any atom is 0.229 e. The summed E-state index contributed by atoms with van der Waals surface area (Å²) in [5, 5.41) is 11.2. The first kappa shape index (κ1) is 17.0. The van der Waals surface area contributed by atoms with Gasteiger partial charge in [-0.15, -0.1) is 0 Å². The van der Waals surface area contributed by atoms with Gasteiger partial charge in [-0.3, -0.25) is 4.98 Å². The molecule has 0 spiro atoms. The average Bonchev–Trinajstić information content (AvgIpc) is 2.58. The molecular weight excluding hydrogens is 332 g/mol. The van der Waals surface area contributed by atoms with Crippen molar-refractivity contribution >= 4 is 39.9 Å². The number of anilines is 2. The molecule has 0 amide bonds. The molecule has 0 bridgehead atoms. The number of fused-ring (bicyclic) bond motifs is 1. The average molecular weight is 352 g/mol. The van der Waals surface area contributed by atoms with Crippen LogP contribution in [0.2, 0.25) is 0 Å². The molecule has 3 rings (SSSR count). The van der Waals surface area contributed by atoms with Crippen LogP contribution in [-0.4, -0.2) is 33.2 Å². The van der Waals surface area contributed by atoms with Crippen molar-refractivity contribution < 1.29 is 0 Å². The van der Waals surface area contributed by atoms with Gasteiger partial charge in [0.15, 0.2) is 5.11 Å². The third kappa shape index (κ3) is 4.60. The molecule has 0 radical (unpaired) electrons. The topological polar surface area (TPSA) is 74.8 Å². The SMILES string of the molecule is Cc1ccnc(NC(=S)NCCNc2cc(C)nc3ccccc23)n1. The molecule has 0 atom stereocenters. The molecule has 2 aromatic heterocycles. The van der Waals surface area contributed by atoms with E-state index < -0.39 is 0 Å². The van der Waals surface area contributed by atoms with Crippen LogP contribution in [0.4, 0.5) is 11.6 Å². The molecule has 2 heterocycles. The van der Waals surface area contributed by atoms with Crippen molar-refractivity contribution in [2.24, 2.45) is 0 Å². The minimum absolute atomic E-state index is 0.501. The van der Waals surface area contributed by atoms with Gasteiger partial charge in [0.25, 0.3) is 0 Å². The van der Waals surface area contributed by atoms with Crippen LogP contribution in [0.1, 0.15) is 11.4 Å². The Kier molecular flexibility index (Phi) is 5.35. The van der Waals surface area contributed by atoms with Crippen LogP contribution < -0.4 is 16.0 Å². The fraction of sp³-hybridized carbons (Fsp3) is 0.222. The third-order valence-electron chi connectivity index (χ3n) is 3.59. The Morgan fingerprint density at radius 2 is 1.88 bits per heavy atom. The van der Waals surface area contributed by atoms with Crippen LogP contribution in [0.25, 0.3) is 10.9 Å². The number of para-hydroxylation sites is 1. The lowest BCUT2D eigenvalue weighted by atomic mass is 10.1. The molecule has 0 fully saturated rings. The Bertz CT molecular complexity index is 896. The van der Waals surface area contributed by atoms with E-state index in [1.807, 2.05) is 38.1 Å². The quantitative estimate of drug-likeness (QED) is 0.481. The van der Waals surface area contributed by atoms with Crippen LogP contribution >= 0.6 is 12.2 Å². The highest BCUT2D eigenvalue weighted by Gasteiger charge is 2.03. The maximum absolute atomic E-state index is 5.27. The zero-order chi connectivity index (χ0) is 17.6. The van der Waals surface area contributed by atoms with Gasteiger partial charge in [0, 0.05) is 41.7 Å². The lowest BCUT2D eigenvalue weighted by Gasteiger charge is -2.13. The van der Waals surface area contributed by atoms with Crippen molar-refractivity contribution in [1.29, 1.82) is 0 Å². The number of aryl methyl sites for hydroxylation is 2. The molecule has 0 saturated carbocycles. The minimum atomic E-state index is 0.501. The Balaban J connectivity index is 1.53. The van der Waals surface area contributed by atoms with Crippen molar-refractivity contribution in [3.8, 4) is 0 Å². The van der Waals surface area contributed by atoms with Crippen molar-refractivity contribution in [3.05, 3.63) is 54.0 Å². The van der Waals surface area contributed by atoms with Crippen LogP contribution in [0.5, 0.6) is 0 Å². The van der Waals surface area contributed by atoms with Crippen molar-refractivity contribution in [3.63, 3.8) is 0 Å². The van der Waals surface area contributed by atoms with E-state index in [4.69, 9.17) is 12.2 Å². The second-order valence-corrected chi connectivity index (χ2v) is 6.07. The van der Waals surface area contributed by atoms with Gasteiger partial charge in [-0.1, -0.05) is 18.2 Å². The number of hydrogen-bond donors (Lipinski definition) is 3. The number of nitrogens with one attached hydrogen (secondary N) is 3. The standard InChI is InChI=1S/C18H20N6S/c1-12-7-8-20-17(23-12)24-18(25)21-10-9-19-16-11-13(2)22-15-6-4-3-5-14(15)16/h3-8,11H,9-10H2,1-2H3,(H,19,22)(H2,20,21,23,24,25). The van der Waals surface area contributed by atoms with Gasteiger partial charge in [0.1, 0.15) is 0 Å². The number of nitrogens with zero attached hydrogens (tertiary/aromatic N) is 3. The summed E-state index contributed by atoms with van der Waals surface area (Å²) in [5.74, 6) is 0.501. The summed E-state index contributed by atoms with van der Waals surface area (Å²) in [5.41, 5.74) is 3.95. The molecule has 0 aliphatic carbocycles. The molecule has 1 aromatic carbocycles. The van der Waals surface area contributed by atoms with Crippen LogP contribution in [0.15, 0.2) is 42.6 Å². The lowest BCUT2D eigenvalue weighted by molar-refractivity contribution is 0.914. The second kappa shape index (κ2) is 7.85. The summed E-state index contributed by atoms with van der Waals surface area (Å²) in [7, 11) is 0. The summed E-state index contributed by atoms with van der Waals surface area (Å²) in [6.45, 7) is 5.31. The third-order valence-corrected chi connectivity index (χ3v) is 3.84. The predicted octanol–water partition coefficient (Wildman–Crippen LogP) is 3.04. The lowest BCUT2D eigenvalue weighted by Crippen LogP contribution is -2.33. The van der Waals surface area contributed by atoms with Crippen LogP contribution in [0, 0.1) is 13.8 Å². The van der Waals surface area contributed by atoms with Gasteiger partial charge in [-0.2, -0.15) is 0 Å². The fourth-order valence-electron chi connectivity index (χ4n) is 2.48. The first-order valence-electron chi connectivity index (χ1n) is 8.06. The van der Waals surface area contributed by atoms with E-state index in [1.165, 1.54) is 0 Å². The zero-order valence-electron chi connectivity index (χ0n) is 14.2. The first-order chi connectivity index (χ1) is 12.1. The molecule has 25 heavy (non-hydrogen) atoms. The second-order valence-electron chi connectivity index (χ2n) is 5.66. The number of rotatable bonds is 5. The number of benzene rings is 1. The monoisotopic (exact) mass is 352 g/mol. The highest BCUT2D eigenvalue weighted by Crippen LogP contribution is 2.22. The van der Waals surface area contributed by atoms with Crippen LogP contribution in [-0.2, 0) is 0 Å². The van der Waals surface area contributed by atoms with E-state index in [9.17, 15) is 0 Å². The van der Waals surface area contributed by atoms with E-state index in [2.05, 4.69) is 43.0 Å². The van der Waals surface area contributed by atoms with Crippen molar-refractivity contribution in [2.45, 2.75) is 13.8 Å².